The molecule has 4 heteroatoms. The number of hydrogen-bond donors (Lipinski definition) is 2. The van der Waals surface area contributed by atoms with Crippen LogP contribution in [0.4, 0.5) is 0 Å². The highest BCUT2D eigenvalue weighted by Gasteiger charge is 2.36. The first-order valence-corrected chi connectivity index (χ1v) is 7.89. The lowest BCUT2D eigenvalue weighted by Gasteiger charge is -2.32. The first-order chi connectivity index (χ1) is 10.1. The van der Waals surface area contributed by atoms with E-state index in [1.807, 2.05) is 24.3 Å². The van der Waals surface area contributed by atoms with Gasteiger partial charge in [0.25, 0.3) is 0 Å². The third-order valence-electron chi connectivity index (χ3n) is 4.73. The summed E-state index contributed by atoms with van der Waals surface area (Å²) >= 11 is 0. The fraction of sp³-hybridized carbons (Fsp3) is 0.588. The summed E-state index contributed by atoms with van der Waals surface area (Å²) in [6.45, 7) is 6.78. The third-order valence-corrected chi connectivity index (χ3v) is 4.73. The zero-order valence-corrected chi connectivity index (χ0v) is 12.8. The minimum absolute atomic E-state index is 0.356. The van der Waals surface area contributed by atoms with Gasteiger partial charge in [0, 0.05) is 31.2 Å². The van der Waals surface area contributed by atoms with Gasteiger partial charge in [-0.1, -0.05) is 19.1 Å². The van der Waals surface area contributed by atoms with Gasteiger partial charge in [-0.25, -0.2) is 0 Å². The lowest BCUT2D eigenvalue weighted by molar-refractivity contribution is 0.100. The van der Waals surface area contributed by atoms with Crippen molar-refractivity contribution >= 4 is 5.91 Å². The van der Waals surface area contributed by atoms with Crippen molar-refractivity contribution in [2.75, 3.05) is 19.6 Å². The van der Waals surface area contributed by atoms with E-state index in [0.29, 0.717) is 11.0 Å². The maximum Gasteiger partial charge on any atom is 0.248 e. The minimum atomic E-state index is -0.356. The smallest absolute Gasteiger partial charge is 0.248 e. The highest BCUT2D eigenvalue weighted by molar-refractivity contribution is 5.92. The number of rotatable bonds is 6. The van der Waals surface area contributed by atoms with Crippen LogP contribution in [-0.2, 0) is 6.54 Å². The topological polar surface area (TPSA) is 58.4 Å². The van der Waals surface area contributed by atoms with Crippen LogP contribution in [0.1, 0.15) is 42.1 Å². The molecule has 0 bridgehead atoms. The Morgan fingerprint density at radius 3 is 2.62 bits per heavy atom. The number of nitrogens with zero attached hydrogens (tertiary/aromatic N) is 1. The molecule has 1 aliphatic heterocycles. The minimum Gasteiger partial charge on any atom is -0.366 e. The number of primary amides is 1. The molecule has 1 aromatic carbocycles. The van der Waals surface area contributed by atoms with Crippen LogP contribution in [0.15, 0.2) is 24.3 Å². The lowest BCUT2D eigenvalue weighted by Crippen LogP contribution is -2.38. The van der Waals surface area contributed by atoms with Crippen molar-refractivity contribution in [3.63, 3.8) is 0 Å². The molecule has 0 spiro atoms. The Labute approximate surface area is 126 Å². The Hall–Kier alpha value is -1.39. The Bertz CT molecular complexity index is 501. The maximum absolute atomic E-state index is 11.1. The number of nitrogens with two attached hydrogens (primary N) is 1. The zero-order chi connectivity index (χ0) is 14.9. The molecule has 1 atom stereocenters. The predicted molar refractivity (Wildman–Crippen MR) is 84.0 cm³/mol. The Morgan fingerprint density at radius 2 is 2.10 bits per heavy atom. The second-order valence-electron chi connectivity index (χ2n) is 6.93. The molecule has 21 heavy (non-hydrogen) atoms. The van der Waals surface area contributed by atoms with Crippen molar-refractivity contribution in [1.29, 1.82) is 0 Å². The molecule has 1 amide bonds. The number of benzene rings is 1. The van der Waals surface area contributed by atoms with E-state index in [1.54, 1.807) is 0 Å². The molecule has 1 heterocycles. The van der Waals surface area contributed by atoms with E-state index in [-0.39, 0.29) is 5.91 Å². The van der Waals surface area contributed by atoms with Crippen LogP contribution in [0.5, 0.6) is 0 Å². The molecule has 1 saturated carbocycles. The van der Waals surface area contributed by atoms with Crippen LogP contribution < -0.4 is 11.1 Å². The van der Waals surface area contributed by atoms with Gasteiger partial charge >= 0.3 is 0 Å². The van der Waals surface area contributed by atoms with Crippen LogP contribution in [0, 0.1) is 5.41 Å². The van der Waals surface area contributed by atoms with Crippen LogP contribution in [0.25, 0.3) is 0 Å². The van der Waals surface area contributed by atoms with E-state index in [0.717, 1.165) is 32.2 Å². The second kappa shape index (κ2) is 5.78. The molecule has 3 N–H and O–H groups in total. The maximum atomic E-state index is 11.1. The molecule has 2 aliphatic rings. The Kier molecular flexibility index (Phi) is 4.00. The Morgan fingerprint density at radius 1 is 1.38 bits per heavy atom. The van der Waals surface area contributed by atoms with E-state index >= 15 is 0 Å². The molecule has 0 radical (unpaired) electrons. The predicted octanol–water partition coefficient (Wildman–Crippen LogP) is 1.75. The van der Waals surface area contributed by atoms with Crippen LogP contribution in [0.2, 0.25) is 0 Å². The molecule has 114 valence electrons. The quantitative estimate of drug-likeness (QED) is 0.838. The number of hydrogen-bond acceptors (Lipinski definition) is 3. The van der Waals surface area contributed by atoms with Gasteiger partial charge in [0.15, 0.2) is 0 Å². The SMILES string of the molecule is CC1(CN(Cc2ccc(C(N)=O)cc2)C2CC2)CCNC1. The summed E-state index contributed by atoms with van der Waals surface area (Å²) in [6, 6.07) is 8.48. The summed E-state index contributed by atoms with van der Waals surface area (Å²) in [5.74, 6) is -0.356. The van der Waals surface area contributed by atoms with E-state index in [2.05, 4.69) is 17.1 Å². The average Bonchev–Trinajstić information content (AvgIpc) is 3.22. The molecule has 1 aromatic rings. The van der Waals surface area contributed by atoms with Crippen LogP contribution in [-0.4, -0.2) is 36.5 Å². The second-order valence-corrected chi connectivity index (χ2v) is 6.93. The van der Waals surface area contributed by atoms with Gasteiger partial charge in [-0.05, 0) is 48.9 Å². The summed E-state index contributed by atoms with van der Waals surface area (Å²) < 4.78 is 0. The summed E-state index contributed by atoms with van der Waals surface area (Å²) in [5.41, 5.74) is 7.54. The summed E-state index contributed by atoms with van der Waals surface area (Å²) in [5, 5.41) is 3.48. The average molecular weight is 287 g/mol. The molecule has 4 nitrogen and oxygen atoms in total. The molecule has 1 saturated heterocycles. The summed E-state index contributed by atoms with van der Waals surface area (Å²) in [7, 11) is 0. The van der Waals surface area contributed by atoms with Gasteiger partial charge in [0.2, 0.25) is 5.91 Å². The molecule has 2 fully saturated rings. The van der Waals surface area contributed by atoms with E-state index in [4.69, 9.17) is 5.73 Å². The van der Waals surface area contributed by atoms with E-state index < -0.39 is 0 Å². The normalized spacial score (nSPS) is 25.4. The van der Waals surface area contributed by atoms with Crippen molar-refractivity contribution in [2.45, 2.75) is 38.8 Å². The van der Waals surface area contributed by atoms with E-state index in [9.17, 15) is 4.79 Å². The van der Waals surface area contributed by atoms with Gasteiger partial charge in [0.1, 0.15) is 0 Å². The van der Waals surface area contributed by atoms with Crippen molar-refractivity contribution in [2.24, 2.45) is 11.1 Å². The molecular formula is C17H25N3O. The zero-order valence-electron chi connectivity index (χ0n) is 12.8. The Balaban J connectivity index is 1.66. The van der Waals surface area contributed by atoms with Gasteiger partial charge in [0.05, 0.1) is 0 Å². The molecular weight excluding hydrogens is 262 g/mol. The van der Waals surface area contributed by atoms with Crippen molar-refractivity contribution in [3.8, 4) is 0 Å². The third kappa shape index (κ3) is 3.63. The first-order valence-electron chi connectivity index (χ1n) is 7.89. The highest BCUT2D eigenvalue weighted by atomic mass is 16.1. The molecule has 3 rings (SSSR count). The number of carbonyl (C=O) groups is 1. The van der Waals surface area contributed by atoms with Crippen molar-refractivity contribution in [3.05, 3.63) is 35.4 Å². The fourth-order valence-corrected chi connectivity index (χ4v) is 3.26. The number of nitrogens with one attached hydrogen (secondary N) is 1. The monoisotopic (exact) mass is 287 g/mol. The van der Waals surface area contributed by atoms with Crippen LogP contribution in [0.3, 0.4) is 0 Å². The number of amides is 1. The van der Waals surface area contributed by atoms with Gasteiger partial charge in [-0.3, -0.25) is 9.69 Å². The summed E-state index contributed by atoms with van der Waals surface area (Å²) in [4.78, 5) is 13.7. The molecule has 0 aromatic heterocycles. The fourth-order valence-electron chi connectivity index (χ4n) is 3.26. The molecule has 1 aliphatic carbocycles. The lowest BCUT2D eigenvalue weighted by atomic mass is 9.89. The van der Waals surface area contributed by atoms with Gasteiger partial charge in [-0.15, -0.1) is 0 Å². The van der Waals surface area contributed by atoms with Crippen molar-refractivity contribution in [1.82, 2.24) is 10.2 Å². The first kappa shape index (κ1) is 14.5. The van der Waals surface area contributed by atoms with Gasteiger partial charge < -0.3 is 11.1 Å². The van der Waals surface area contributed by atoms with E-state index in [1.165, 1.54) is 24.8 Å². The van der Waals surface area contributed by atoms with Crippen molar-refractivity contribution < 1.29 is 4.79 Å². The highest BCUT2D eigenvalue weighted by Crippen LogP contribution is 2.34. The van der Waals surface area contributed by atoms with Crippen LogP contribution >= 0.6 is 0 Å². The standard InChI is InChI=1S/C17H25N3O/c1-17(8-9-19-11-17)12-20(15-6-7-15)10-13-2-4-14(5-3-13)16(18)21/h2-5,15,19H,6-12H2,1H3,(H2,18,21). The molecule has 1 unspecified atom stereocenters. The van der Waals surface area contributed by atoms with Gasteiger partial charge in [-0.2, -0.15) is 0 Å². The summed E-state index contributed by atoms with van der Waals surface area (Å²) in [6.07, 6.45) is 3.91. The number of carbonyl (C=O) groups excluding carboxylic acids is 1. The largest absolute Gasteiger partial charge is 0.366 e.